The molecular weight excluding hydrogens is 512 g/mol. The van der Waals surface area contributed by atoms with E-state index in [0.717, 1.165) is 18.8 Å². The molecule has 0 radical (unpaired) electrons. The normalized spacial score (nSPS) is 15.9. The summed E-state index contributed by atoms with van der Waals surface area (Å²) in [5.41, 5.74) is 1.01. The van der Waals surface area contributed by atoms with Crippen molar-refractivity contribution in [2.75, 3.05) is 58.3 Å². The minimum Gasteiger partial charge on any atom is -0.379 e. The molecule has 2 N–H and O–H groups in total. The predicted octanol–water partition coefficient (Wildman–Crippen LogP) is 2.71. The number of halogens is 2. The Morgan fingerprint density at radius 3 is 2.29 bits per heavy atom. The minimum atomic E-state index is -0.235. The van der Waals surface area contributed by atoms with Gasteiger partial charge in [0.25, 0.3) is 0 Å². The van der Waals surface area contributed by atoms with E-state index in [0.29, 0.717) is 38.6 Å². The van der Waals surface area contributed by atoms with Crippen LogP contribution in [0.5, 0.6) is 0 Å². The van der Waals surface area contributed by atoms with Gasteiger partial charge in [0.2, 0.25) is 5.91 Å². The maximum absolute atomic E-state index is 13.1. The van der Waals surface area contributed by atoms with Crippen LogP contribution < -0.4 is 15.5 Å². The Kier molecular flexibility index (Phi) is 11.5. The van der Waals surface area contributed by atoms with Crippen LogP contribution in [0.1, 0.15) is 27.2 Å². The van der Waals surface area contributed by atoms with Crippen molar-refractivity contribution in [2.45, 2.75) is 33.3 Å². The van der Waals surface area contributed by atoms with Crippen molar-refractivity contribution in [1.29, 1.82) is 0 Å². The van der Waals surface area contributed by atoms with E-state index in [-0.39, 0.29) is 47.2 Å². The zero-order valence-corrected chi connectivity index (χ0v) is 21.6. The number of piperazine rings is 1. The second-order valence-electron chi connectivity index (χ2n) is 8.56. The van der Waals surface area contributed by atoms with Crippen LogP contribution in [0.25, 0.3) is 0 Å². The van der Waals surface area contributed by atoms with Crippen molar-refractivity contribution >= 4 is 41.5 Å². The molecule has 0 bridgehead atoms. The Morgan fingerprint density at radius 1 is 1.16 bits per heavy atom. The number of benzene rings is 1. The van der Waals surface area contributed by atoms with Gasteiger partial charge in [0.15, 0.2) is 5.96 Å². The van der Waals surface area contributed by atoms with E-state index >= 15 is 0 Å². The Bertz CT molecular complexity index is 701. The lowest BCUT2D eigenvalue weighted by molar-refractivity contribution is -0.131. The topological polar surface area (TPSA) is 69.2 Å². The first kappa shape index (κ1) is 27.4. The summed E-state index contributed by atoms with van der Waals surface area (Å²) in [5, 5.41) is 6.46. The molecule has 0 spiro atoms. The standard InChI is InChI=1S/C22H36FN5O2.HI/c1-22(2,3)19(30-5)16-26-21(24-4)25-11-10-20(29)28-14-12-27(13-15-28)18-8-6-17(23)7-9-18;/h6-9,19H,10-16H2,1-5H3,(H2,24,25,26);1H. The maximum Gasteiger partial charge on any atom is 0.224 e. The van der Waals surface area contributed by atoms with E-state index in [1.807, 2.05) is 4.90 Å². The van der Waals surface area contributed by atoms with Gasteiger partial charge in [0, 0.05) is 65.5 Å². The van der Waals surface area contributed by atoms with Crippen LogP contribution >= 0.6 is 24.0 Å². The zero-order valence-electron chi connectivity index (χ0n) is 19.3. The molecule has 31 heavy (non-hydrogen) atoms. The van der Waals surface area contributed by atoms with E-state index < -0.39 is 0 Å². The molecule has 0 aliphatic carbocycles. The number of nitrogens with one attached hydrogen (secondary N) is 2. The quantitative estimate of drug-likeness (QED) is 0.311. The summed E-state index contributed by atoms with van der Waals surface area (Å²) in [6.45, 7) is 10.4. The van der Waals surface area contributed by atoms with Crippen molar-refractivity contribution in [3.63, 3.8) is 0 Å². The number of amides is 1. The molecule has 1 heterocycles. The van der Waals surface area contributed by atoms with Gasteiger partial charge in [-0.2, -0.15) is 0 Å². The van der Waals surface area contributed by atoms with E-state index in [1.54, 1.807) is 26.3 Å². The molecule has 0 aromatic heterocycles. The Labute approximate surface area is 202 Å². The number of anilines is 1. The number of aliphatic imine (C=N–C) groups is 1. The van der Waals surface area contributed by atoms with Crippen LogP contribution in [0, 0.1) is 11.2 Å². The molecule has 1 saturated heterocycles. The fraction of sp³-hybridized carbons (Fsp3) is 0.636. The molecule has 9 heteroatoms. The third kappa shape index (κ3) is 8.80. The SMILES string of the molecule is CN=C(NCCC(=O)N1CCN(c2ccc(F)cc2)CC1)NCC(OC)C(C)(C)C.I. The third-order valence-corrected chi connectivity index (χ3v) is 5.38. The third-order valence-electron chi connectivity index (χ3n) is 5.38. The summed E-state index contributed by atoms with van der Waals surface area (Å²) in [5.74, 6) is 0.553. The van der Waals surface area contributed by atoms with Crippen LogP contribution in [0.15, 0.2) is 29.3 Å². The van der Waals surface area contributed by atoms with Gasteiger partial charge in [0.1, 0.15) is 5.82 Å². The summed E-state index contributed by atoms with van der Waals surface area (Å²) >= 11 is 0. The monoisotopic (exact) mass is 549 g/mol. The van der Waals surface area contributed by atoms with Gasteiger partial charge in [0.05, 0.1) is 6.10 Å². The van der Waals surface area contributed by atoms with Crippen molar-refractivity contribution in [1.82, 2.24) is 15.5 Å². The van der Waals surface area contributed by atoms with Gasteiger partial charge in [-0.3, -0.25) is 9.79 Å². The molecule has 1 aromatic carbocycles. The summed E-state index contributed by atoms with van der Waals surface area (Å²) in [7, 11) is 3.42. The second kappa shape index (κ2) is 13.0. The van der Waals surface area contributed by atoms with Crippen molar-refractivity contribution in [2.24, 2.45) is 10.4 Å². The Morgan fingerprint density at radius 2 is 1.77 bits per heavy atom. The second-order valence-corrected chi connectivity index (χ2v) is 8.56. The van der Waals surface area contributed by atoms with Crippen LogP contribution in [0.3, 0.4) is 0 Å². The van der Waals surface area contributed by atoms with Crippen LogP contribution in [0.2, 0.25) is 0 Å². The van der Waals surface area contributed by atoms with Gasteiger partial charge >= 0.3 is 0 Å². The fourth-order valence-corrected chi connectivity index (χ4v) is 3.46. The fourth-order valence-electron chi connectivity index (χ4n) is 3.46. The summed E-state index contributed by atoms with van der Waals surface area (Å²) in [6.07, 6.45) is 0.458. The van der Waals surface area contributed by atoms with Crippen molar-refractivity contribution in [3.05, 3.63) is 30.1 Å². The lowest BCUT2D eigenvalue weighted by Crippen LogP contribution is -2.50. The van der Waals surface area contributed by atoms with E-state index in [9.17, 15) is 9.18 Å². The first-order valence-corrected chi connectivity index (χ1v) is 10.5. The lowest BCUT2D eigenvalue weighted by atomic mass is 9.89. The molecule has 1 aliphatic heterocycles. The number of nitrogens with zero attached hydrogens (tertiary/aromatic N) is 3. The summed E-state index contributed by atoms with van der Waals surface area (Å²) < 4.78 is 18.6. The highest BCUT2D eigenvalue weighted by Crippen LogP contribution is 2.21. The van der Waals surface area contributed by atoms with Crippen LogP contribution in [-0.4, -0.2) is 76.3 Å². The Hall–Kier alpha value is -1.62. The maximum atomic E-state index is 13.1. The van der Waals surface area contributed by atoms with Gasteiger partial charge in [-0.05, 0) is 29.7 Å². The van der Waals surface area contributed by atoms with Crippen molar-refractivity contribution in [3.8, 4) is 0 Å². The van der Waals surface area contributed by atoms with Crippen molar-refractivity contribution < 1.29 is 13.9 Å². The largest absolute Gasteiger partial charge is 0.379 e. The lowest BCUT2D eigenvalue weighted by Gasteiger charge is -2.36. The number of ether oxygens (including phenoxy) is 1. The van der Waals surface area contributed by atoms with Gasteiger partial charge in [-0.25, -0.2) is 4.39 Å². The van der Waals surface area contributed by atoms with Crippen LogP contribution in [0.4, 0.5) is 10.1 Å². The average Bonchev–Trinajstić information content (AvgIpc) is 2.72. The van der Waals surface area contributed by atoms with E-state index in [1.165, 1.54) is 12.1 Å². The molecule has 176 valence electrons. The van der Waals surface area contributed by atoms with Gasteiger partial charge < -0.3 is 25.2 Å². The number of carbonyl (C=O) groups excluding carboxylic acids is 1. The van der Waals surface area contributed by atoms with Gasteiger partial charge in [-0.15, -0.1) is 24.0 Å². The van der Waals surface area contributed by atoms with Crippen LogP contribution in [-0.2, 0) is 9.53 Å². The number of hydrogen-bond acceptors (Lipinski definition) is 4. The number of hydrogen-bond donors (Lipinski definition) is 2. The minimum absolute atomic E-state index is 0. The molecule has 1 unspecified atom stereocenters. The predicted molar refractivity (Wildman–Crippen MR) is 135 cm³/mol. The number of rotatable bonds is 7. The molecular formula is C22H37FIN5O2. The molecule has 2 rings (SSSR count). The highest BCUT2D eigenvalue weighted by molar-refractivity contribution is 14.0. The highest BCUT2D eigenvalue weighted by atomic mass is 127. The summed E-state index contributed by atoms with van der Waals surface area (Å²) in [6, 6.07) is 6.50. The first-order chi connectivity index (χ1) is 14.2. The summed E-state index contributed by atoms with van der Waals surface area (Å²) in [4.78, 5) is 20.8. The van der Waals surface area contributed by atoms with Gasteiger partial charge in [-0.1, -0.05) is 20.8 Å². The molecule has 7 nitrogen and oxygen atoms in total. The molecule has 1 aliphatic rings. The Balaban J connectivity index is 0.00000480. The number of methoxy groups -OCH3 is 1. The molecule has 1 amide bonds. The number of carbonyl (C=O) groups is 1. The van der Waals surface area contributed by atoms with E-state index in [4.69, 9.17) is 4.74 Å². The average molecular weight is 549 g/mol. The van der Waals surface area contributed by atoms with E-state index in [2.05, 4.69) is 41.3 Å². The zero-order chi connectivity index (χ0) is 22.1. The highest BCUT2D eigenvalue weighted by Gasteiger charge is 2.24. The molecule has 1 aromatic rings. The smallest absolute Gasteiger partial charge is 0.224 e. The number of guanidine groups is 1. The molecule has 1 fully saturated rings. The molecule has 1 atom stereocenters. The molecule has 0 saturated carbocycles. The first-order valence-electron chi connectivity index (χ1n) is 10.5.